The molecule has 0 amide bonds. The van der Waals surface area contributed by atoms with Gasteiger partial charge in [-0.1, -0.05) is 23.5 Å². The summed E-state index contributed by atoms with van der Waals surface area (Å²) >= 11 is 0.641. The molecule has 1 heterocycles. The molecule has 2 aromatic rings. The molecule has 0 unspecified atom stereocenters. The average Bonchev–Trinajstić information content (AvgIpc) is 2.23. The normalized spacial score (nSPS) is 11.9. The smallest absolute Gasteiger partial charge is 0.448 e. The molecule has 0 aliphatic heterocycles. The highest BCUT2D eigenvalue weighted by atomic mass is 32.1. The van der Waals surface area contributed by atoms with E-state index in [9.17, 15) is 22.5 Å². The van der Waals surface area contributed by atoms with E-state index >= 15 is 0 Å². The highest BCUT2D eigenvalue weighted by molar-refractivity contribution is 7.16. The molecule has 0 saturated heterocycles. The Morgan fingerprint density at radius 1 is 1.18 bits per heavy atom. The van der Waals surface area contributed by atoms with Crippen molar-refractivity contribution in [2.24, 2.45) is 0 Å². The van der Waals surface area contributed by atoms with Crippen molar-refractivity contribution in [1.82, 2.24) is 4.57 Å². The van der Waals surface area contributed by atoms with Crippen molar-refractivity contribution in [2.45, 2.75) is 6.44 Å². The molecule has 90 valence electrons. The van der Waals surface area contributed by atoms with Crippen molar-refractivity contribution >= 4 is 28.4 Å². The fourth-order valence-corrected chi connectivity index (χ4v) is 2.34. The molecular weight excluding hydrogens is 254 g/mol. The second kappa shape index (κ2) is 4.03. The van der Waals surface area contributed by atoms with E-state index in [0.29, 0.717) is 16.0 Å². The van der Waals surface area contributed by atoms with Gasteiger partial charge >= 0.3 is 11.9 Å². The van der Waals surface area contributed by atoms with Gasteiger partial charge in [-0.05, 0) is 12.1 Å². The maximum atomic E-state index is 12.3. The Bertz CT molecular complexity index is 676. The standard InChI is InChI=1S/C9H6BF3NO2S/c11-10(12,13)5-14-8(15)6-3-1-2-4-7(6)17-9(14)16/h1-4H,5H2/q-1. The number of rotatable bonds is 2. The first kappa shape index (κ1) is 11.9. The third kappa shape index (κ3) is 2.41. The summed E-state index contributed by atoms with van der Waals surface area (Å²) in [5.41, 5.74) is -0.886. The van der Waals surface area contributed by atoms with Crippen LogP contribution in [0.3, 0.4) is 0 Å². The highest BCUT2D eigenvalue weighted by Crippen LogP contribution is 2.13. The van der Waals surface area contributed by atoms with E-state index in [1.807, 2.05) is 0 Å². The van der Waals surface area contributed by atoms with Gasteiger partial charge in [0.15, 0.2) is 0 Å². The zero-order chi connectivity index (χ0) is 12.6. The monoisotopic (exact) mass is 260 g/mol. The number of aromatic nitrogens is 1. The molecule has 0 bridgehead atoms. The first-order valence-corrected chi connectivity index (χ1v) is 5.54. The molecule has 0 radical (unpaired) electrons. The maximum Gasteiger partial charge on any atom is 0.497 e. The Labute approximate surface area is 97.2 Å². The van der Waals surface area contributed by atoms with E-state index in [2.05, 4.69) is 0 Å². The minimum Gasteiger partial charge on any atom is -0.448 e. The Kier molecular flexibility index (Phi) is 2.82. The summed E-state index contributed by atoms with van der Waals surface area (Å²) in [6.45, 7) is -5.21. The lowest BCUT2D eigenvalue weighted by atomic mass is 9.92. The number of fused-ring (bicyclic) bond motifs is 1. The van der Waals surface area contributed by atoms with Crippen LogP contribution in [0, 0.1) is 0 Å². The Balaban J connectivity index is 2.73. The zero-order valence-corrected chi connectivity index (χ0v) is 9.22. The van der Waals surface area contributed by atoms with Crippen molar-refractivity contribution in [3.8, 4) is 0 Å². The van der Waals surface area contributed by atoms with Gasteiger partial charge in [0.1, 0.15) is 0 Å². The molecule has 0 fully saturated rings. The second-order valence-electron chi connectivity index (χ2n) is 3.49. The number of nitrogens with zero attached hydrogens (tertiary/aromatic N) is 1. The number of benzene rings is 1. The molecule has 0 aliphatic carbocycles. The lowest BCUT2D eigenvalue weighted by Gasteiger charge is -2.14. The Morgan fingerprint density at radius 3 is 2.47 bits per heavy atom. The van der Waals surface area contributed by atoms with Gasteiger partial charge in [0.05, 0.1) is 5.39 Å². The molecule has 0 saturated carbocycles. The topological polar surface area (TPSA) is 39.1 Å². The molecule has 0 N–H and O–H groups in total. The fraction of sp³-hybridized carbons (Fsp3) is 0.111. The van der Waals surface area contributed by atoms with Crippen LogP contribution >= 0.6 is 11.3 Å². The van der Waals surface area contributed by atoms with Gasteiger partial charge in [0, 0.05) is 11.1 Å². The summed E-state index contributed by atoms with van der Waals surface area (Å²) in [7, 11) is 0. The summed E-state index contributed by atoms with van der Waals surface area (Å²) in [5, 5.41) is 0.136. The van der Waals surface area contributed by atoms with Crippen LogP contribution in [0.25, 0.3) is 10.1 Å². The lowest BCUT2D eigenvalue weighted by molar-refractivity contribution is 0.442. The Hall–Kier alpha value is -1.57. The van der Waals surface area contributed by atoms with Gasteiger partial charge in [0.25, 0.3) is 5.56 Å². The zero-order valence-electron chi connectivity index (χ0n) is 8.40. The first-order chi connectivity index (χ1) is 7.88. The lowest BCUT2D eigenvalue weighted by Crippen LogP contribution is -2.38. The molecule has 3 nitrogen and oxygen atoms in total. The van der Waals surface area contributed by atoms with Crippen LogP contribution in [0.1, 0.15) is 0 Å². The predicted molar refractivity (Wildman–Crippen MR) is 61.4 cm³/mol. The van der Waals surface area contributed by atoms with E-state index in [-0.39, 0.29) is 9.95 Å². The predicted octanol–water partition coefficient (Wildman–Crippen LogP) is 1.81. The number of halogens is 3. The molecule has 1 aromatic heterocycles. The van der Waals surface area contributed by atoms with E-state index in [4.69, 9.17) is 0 Å². The fourth-order valence-electron chi connectivity index (χ4n) is 1.47. The third-order valence-corrected chi connectivity index (χ3v) is 3.14. The summed E-state index contributed by atoms with van der Waals surface area (Å²) in [4.78, 5) is 22.2. The molecular formula is C9H6BF3NO2S-. The van der Waals surface area contributed by atoms with Crippen LogP contribution < -0.4 is 10.4 Å². The van der Waals surface area contributed by atoms with E-state index < -0.39 is 23.9 Å². The van der Waals surface area contributed by atoms with Gasteiger partial charge in [-0.25, -0.2) is 0 Å². The van der Waals surface area contributed by atoms with Gasteiger partial charge in [-0.3, -0.25) is 14.2 Å². The molecule has 1 aromatic carbocycles. The molecule has 0 aliphatic rings. The minimum absolute atomic E-state index is 0.136. The second-order valence-corrected chi connectivity index (χ2v) is 4.48. The SMILES string of the molecule is O=c1sc2ccccc2c(=O)n1C[B-](F)(F)F. The van der Waals surface area contributed by atoms with Crippen LogP contribution in [0.5, 0.6) is 0 Å². The average molecular weight is 260 g/mol. The molecule has 0 atom stereocenters. The number of hydrogen-bond donors (Lipinski definition) is 0. The summed E-state index contributed by atoms with van der Waals surface area (Å²) in [6.07, 6.45) is -1.49. The largest absolute Gasteiger partial charge is 0.497 e. The highest BCUT2D eigenvalue weighted by Gasteiger charge is 2.25. The van der Waals surface area contributed by atoms with Crippen molar-refractivity contribution in [3.63, 3.8) is 0 Å². The van der Waals surface area contributed by atoms with Gasteiger partial charge in [-0.15, -0.1) is 0 Å². The van der Waals surface area contributed by atoms with Crippen molar-refractivity contribution in [3.05, 3.63) is 44.3 Å². The van der Waals surface area contributed by atoms with Gasteiger partial charge in [0.2, 0.25) is 0 Å². The van der Waals surface area contributed by atoms with Gasteiger partial charge in [-0.2, -0.15) is 0 Å². The first-order valence-electron chi connectivity index (χ1n) is 4.72. The molecule has 8 heteroatoms. The minimum atomic E-state index is -5.21. The third-order valence-electron chi connectivity index (χ3n) is 2.17. The van der Waals surface area contributed by atoms with Crippen LogP contribution in [0.4, 0.5) is 12.9 Å². The van der Waals surface area contributed by atoms with Crippen LogP contribution in [0.2, 0.25) is 0 Å². The van der Waals surface area contributed by atoms with Crippen molar-refractivity contribution in [2.75, 3.05) is 0 Å². The van der Waals surface area contributed by atoms with Crippen LogP contribution in [-0.2, 0) is 6.44 Å². The maximum absolute atomic E-state index is 12.3. The van der Waals surface area contributed by atoms with E-state index in [1.54, 1.807) is 12.1 Å². The quantitative estimate of drug-likeness (QED) is 0.772. The van der Waals surface area contributed by atoms with E-state index in [1.165, 1.54) is 12.1 Å². The summed E-state index contributed by atoms with van der Waals surface area (Å²) in [5.74, 6) is 0. The van der Waals surface area contributed by atoms with Crippen molar-refractivity contribution < 1.29 is 12.9 Å². The Morgan fingerprint density at radius 2 is 1.82 bits per heavy atom. The van der Waals surface area contributed by atoms with Crippen molar-refractivity contribution in [1.29, 1.82) is 0 Å². The molecule has 2 rings (SSSR count). The van der Waals surface area contributed by atoms with Gasteiger partial charge < -0.3 is 12.9 Å². The van der Waals surface area contributed by atoms with Crippen LogP contribution in [0.15, 0.2) is 33.9 Å². The molecule has 17 heavy (non-hydrogen) atoms. The molecule has 0 spiro atoms. The van der Waals surface area contributed by atoms with Crippen LogP contribution in [-0.4, -0.2) is 11.5 Å². The summed E-state index contributed by atoms with van der Waals surface area (Å²) < 4.78 is 37.4. The van der Waals surface area contributed by atoms with E-state index in [0.717, 1.165) is 0 Å². The summed E-state index contributed by atoms with van der Waals surface area (Å²) in [6, 6.07) is 6.11. The number of hydrogen-bond acceptors (Lipinski definition) is 3.